The predicted molar refractivity (Wildman–Crippen MR) is 243 cm³/mol. The van der Waals surface area contributed by atoms with Crippen LogP contribution in [0.4, 0.5) is 0 Å². The molecule has 0 aliphatic carbocycles. The van der Waals surface area contributed by atoms with E-state index in [-0.39, 0.29) is 0 Å². The van der Waals surface area contributed by atoms with E-state index in [1.807, 2.05) is 17.6 Å². The van der Waals surface area contributed by atoms with E-state index in [4.69, 9.17) is 8.83 Å². The number of fused-ring (bicyclic) bond motifs is 12. The average molecular weight is 743 g/mol. The molecule has 0 saturated carbocycles. The van der Waals surface area contributed by atoms with Crippen LogP contribution in [-0.4, -0.2) is 0 Å². The number of hydrogen-bond acceptors (Lipinski definition) is 3. The number of benzene rings is 10. The number of hydrogen-bond donors (Lipinski definition) is 0. The Morgan fingerprint density at radius 2 is 0.930 bits per heavy atom. The van der Waals surface area contributed by atoms with Gasteiger partial charge in [0, 0.05) is 47.3 Å². The van der Waals surface area contributed by atoms with E-state index in [1.165, 1.54) is 85.7 Å². The van der Waals surface area contributed by atoms with Crippen molar-refractivity contribution in [2.45, 2.75) is 0 Å². The standard InChI is InChI=1S/C54H30O2S/c1-3-13-35-31(10-1)12-9-19-37(35)47-30-55-49-29-51-46(28-45(47)49)38-23-21-34(27-50(38)57-51)53-41-17-7-5-15-39(41)52(40-16-6-8-18-42(40)53)33-22-25-48-44(26-33)43-24-20-32-11-2-4-14-36(32)54(43)56-48/h1-30H. The van der Waals surface area contributed by atoms with Crippen LogP contribution in [0, 0.1) is 0 Å². The number of rotatable bonds is 3. The van der Waals surface area contributed by atoms with Crippen molar-refractivity contribution in [3.63, 3.8) is 0 Å². The van der Waals surface area contributed by atoms with Gasteiger partial charge in [0.2, 0.25) is 0 Å². The maximum atomic E-state index is 6.52. The summed E-state index contributed by atoms with van der Waals surface area (Å²) in [6.07, 6.45) is 1.92. The summed E-state index contributed by atoms with van der Waals surface area (Å²) in [5, 5.41) is 15.7. The molecule has 0 unspecified atom stereocenters. The molecule has 10 aromatic carbocycles. The Labute approximate surface area is 330 Å². The van der Waals surface area contributed by atoms with Crippen LogP contribution in [0.3, 0.4) is 0 Å². The number of furan rings is 2. The molecule has 264 valence electrons. The highest BCUT2D eigenvalue weighted by molar-refractivity contribution is 7.25. The molecular weight excluding hydrogens is 713 g/mol. The molecule has 0 spiro atoms. The van der Waals surface area contributed by atoms with E-state index in [0.29, 0.717) is 0 Å². The van der Waals surface area contributed by atoms with Gasteiger partial charge in [0.25, 0.3) is 0 Å². The largest absolute Gasteiger partial charge is 0.464 e. The van der Waals surface area contributed by atoms with Gasteiger partial charge in [-0.25, -0.2) is 0 Å². The molecule has 13 aromatic rings. The minimum atomic E-state index is 0.907. The lowest BCUT2D eigenvalue weighted by Gasteiger charge is -2.18. The molecular formula is C54H30O2S. The Bertz CT molecular complexity index is 3760. The summed E-state index contributed by atoms with van der Waals surface area (Å²) < 4.78 is 15.3. The Hall–Kier alpha value is -7.20. The fourth-order valence-electron chi connectivity index (χ4n) is 9.53. The van der Waals surface area contributed by atoms with Crippen LogP contribution in [-0.2, 0) is 0 Å². The molecule has 0 N–H and O–H groups in total. The monoisotopic (exact) mass is 742 g/mol. The van der Waals surface area contributed by atoms with Crippen LogP contribution < -0.4 is 0 Å². The third-order valence-corrected chi connectivity index (χ3v) is 13.2. The Balaban J connectivity index is 1.00. The molecule has 3 heterocycles. The Morgan fingerprint density at radius 1 is 0.333 bits per heavy atom. The van der Waals surface area contributed by atoms with Crippen molar-refractivity contribution in [3.05, 3.63) is 182 Å². The molecule has 0 aliphatic rings. The van der Waals surface area contributed by atoms with Crippen LogP contribution in [0.5, 0.6) is 0 Å². The summed E-state index contributed by atoms with van der Waals surface area (Å²) in [5.74, 6) is 0. The topological polar surface area (TPSA) is 26.3 Å². The average Bonchev–Trinajstić information content (AvgIpc) is 3.97. The second kappa shape index (κ2) is 11.7. The SMILES string of the molecule is c1ccc2c(-c3coc4cc5sc6cc(-c7c8ccccc8c(-c8ccc9oc%10c%11ccccc%11ccc%10c9c8)c8ccccc78)ccc6c5cc34)cccc2c1. The highest BCUT2D eigenvalue weighted by Gasteiger charge is 2.20. The molecule has 2 nitrogen and oxygen atoms in total. The van der Waals surface area contributed by atoms with Crippen LogP contribution in [0.25, 0.3) is 130 Å². The van der Waals surface area contributed by atoms with Crippen molar-refractivity contribution in [1.29, 1.82) is 0 Å². The van der Waals surface area contributed by atoms with E-state index in [2.05, 4.69) is 176 Å². The molecule has 0 bridgehead atoms. The molecule has 3 aromatic heterocycles. The van der Waals surface area contributed by atoms with Gasteiger partial charge < -0.3 is 8.83 Å². The first-order valence-corrected chi connectivity index (χ1v) is 20.2. The van der Waals surface area contributed by atoms with Crippen LogP contribution >= 0.6 is 11.3 Å². The van der Waals surface area contributed by atoms with E-state index >= 15 is 0 Å². The molecule has 3 heteroatoms. The molecule has 0 amide bonds. The first-order valence-electron chi connectivity index (χ1n) is 19.4. The van der Waals surface area contributed by atoms with Crippen molar-refractivity contribution < 1.29 is 8.83 Å². The van der Waals surface area contributed by atoms with E-state index < -0.39 is 0 Å². The van der Waals surface area contributed by atoms with E-state index in [1.54, 1.807) is 0 Å². The van der Waals surface area contributed by atoms with Gasteiger partial charge in [0.15, 0.2) is 0 Å². The van der Waals surface area contributed by atoms with Crippen molar-refractivity contribution >= 4 is 108 Å². The van der Waals surface area contributed by atoms with Crippen molar-refractivity contribution in [1.82, 2.24) is 0 Å². The highest BCUT2D eigenvalue weighted by atomic mass is 32.1. The zero-order valence-electron chi connectivity index (χ0n) is 30.5. The Kier molecular flexibility index (Phi) is 6.35. The van der Waals surface area contributed by atoms with E-state index in [0.717, 1.165) is 43.9 Å². The fraction of sp³-hybridized carbons (Fsp3) is 0. The van der Waals surface area contributed by atoms with Gasteiger partial charge in [0.05, 0.1) is 6.26 Å². The fourth-order valence-corrected chi connectivity index (χ4v) is 10.7. The first kappa shape index (κ1) is 31.1. The second-order valence-electron chi connectivity index (χ2n) is 15.2. The van der Waals surface area contributed by atoms with Crippen molar-refractivity contribution in [3.8, 4) is 33.4 Å². The summed E-state index contributed by atoms with van der Waals surface area (Å²) in [4.78, 5) is 0. The lowest BCUT2D eigenvalue weighted by Crippen LogP contribution is -1.90. The molecule has 57 heavy (non-hydrogen) atoms. The normalized spacial score (nSPS) is 12.2. The predicted octanol–water partition coefficient (Wildman–Crippen LogP) is 16.3. The summed E-state index contributed by atoms with van der Waals surface area (Å²) in [6.45, 7) is 0. The summed E-state index contributed by atoms with van der Waals surface area (Å²) in [7, 11) is 0. The van der Waals surface area contributed by atoms with Crippen molar-refractivity contribution in [2.75, 3.05) is 0 Å². The summed E-state index contributed by atoms with van der Waals surface area (Å²) in [6, 6.07) is 64.1. The molecule has 13 rings (SSSR count). The zero-order chi connectivity index (χ0) is 37.2. The van der Waals surface area contributed by atoms with Gasteiger partial charge in [-0.15, -0.1) is 11.3 Å². The van der Waals surface area contributed by atoms with Crippen molar-refractivity contribution in [2.24, 2.45) is 0 Å². The molecule has 0 fully saturated rings. The molecule has 0 radical (unpaired) electrons. The van der Waals surface area contributed by atoms with Crippen LogP contribution in [0.2, 0.25) is 0 Å². The second-order valence-corrected chi connectivity index (χ2v) is 16.2. The third-order valence-electron chi connectivity index (χ3n) is 12.1. The van der Waals surface area contributed by atoms with Gasteiger partial charge >= 0.3 is 0 Å². The summed E-state index contributed by atoms with van der Waals surface area (Å²) in [5.41, 5.74) is 10.0. The minimum Gasteiger partial charge on any atom is -0.464 e. The lowest BCUT2D eigenvalue weighted by molar-refractivity contribution is 0.617. The molecule has 0 atom stereocenters. The van der Waals surface area contributed by atoms with Crippen LogP contribution in [0.1, 0.15) is 0 Å². The van der Waals surface area contributed by atoms with Gasteiger partial charge in [-0.2, -0.15) is 0 Å². The number of thiophene rings is 1. The third kappa shape index (κ3) is 4.46. The maximum Gasteiger partial charge on any atom is 0.143 e. The lowest BCUT2D eigenvalue weighted by atomic mass is 9.85. The van der Waals surface area contributed by atoms with Gasteiger partial charge in [0.1, 0.15) is 16.7 Å². The van der Waals surface area contributed by atoms with Gasteiger partial charge in [-0.05, 0) is 102 Å². The molecule has 0 aliphatic heterocycles. The molecule has 0 saturated heterocycles. The minimum absolute atomic E-state index is 0.907. The highest BCUT2D eigenvalue weighted by Crippen LogP contribution is 2.47. The smallest absolute Gasteiger partial charge is 0.143 e. The van der Waals surface area contributed by atoms with Gasteiger partial charge in [-0.3, -0.25) is 0 Å². The van der Waals surface area contributed by atoms with Gasteiger partial charge in [-0.1, -0.05) is 140 Å². The zero-order valence-corrected chi connectivity index (χ0v) is 31.4. The Morgan fingerprint density at radius 3 is 1.68 bits per heavy atom. The summed E-state index contributed by atoms with van der Waals surface area (Å²) >= 11 is 1.84. The van der Waals surface area contributed by atoms with Crippen LogP contribution in [0.15, 0.2) is 191 Å². The van der Waals surface area contributed by atoms with E-state index in [9.17, 15) is 0 Å². The quantitative estimate of drug-likeness (QED) is 0.169. The first-order chi connectivity index (χ1) is 28.2. The maximum absolute atomic E-state index is 6.52.